The van der Waals surface area contributed by atoms with Crippen molar-refractivity contribution in [3.05, 3.63) is 29.8 Å². The summed E-state index contributed by atoms with van der Waals surface area (Å²) in [6, 6.07) is 9.24. The third kappa shape index (κ3) is 6.52. The summed E-state index contributed by atoms with van der Waals surface area (Å²) in [5, 5.41) is 3.69. The van der Waals surface area contributed by atoms with Gasteiger partial charge < -0.3 is 10.1 Å². The summed E-state index contributed by atoms with van der Waals surface area (Å²) in [5.74, 6) is 2.69. The van der Waals surface area contributed by atoms with Crippen LogP contribution in [0.3, 0.4) is 0 Å². The molecule has 1 aromatic rings. The van der Waals surface area contributed by atoms with E-state index >= 15 is 0 Å². The van der Waals surface area contributed by atoms with Gasteiger partial charge in [-0.3, -0.25) is 0 Å². The van der Waals surface area contributed by atoms with E-state index in [-0.39, 0.29) is 0 Å². The van der Waals surface area contributed by atoms with Crippen LogP contribution in [0.1, 0.15) is 58.4 Å². The lowest BCUT2D eigenvalue weighted by atomic mass is 10.1. The first kappa shape index (κ1) is 16.4. The molecule has 1 fully saturated rings. The van der Waals surface area contributed by atoms with Gasteiger partial charge >= 0.3 is 0 Å². The first-order chi connectivity index (χ1) is 10.2. The molecule has 0 amide bonds. The van der Waals surface area contributed by atoms with Crippen LogP contribution >= 0.6 is 0 Å². The second-order valence-corrected chi connectivity index (χ2v) is 6.84. The molecule has 2 heteroatoms. The molecule has 21 heavy (non-hydrogen) atoms. The van der Waals surface area contributed by atoms with Crippen LogP contribution in [0.25, 0.3) is 0 Å². The highest BCUT2D eigenvalue weighted by molar-refractivity contribution is 5.27. The van der Waals surface area contributed by atoms with E-state index in [9.17, 15) is 0 Å². The van der Waals surface area contributed by atoms with E-state index in [1.807, 2.05) is 0 Å². The highest BCUT2D eigenvalue weighted by Gasteiger charge is 2.24. The fourth-order valence-electron chi connectivity index (χ4n) is 2.53. The molecule has 0 spiro atoms. The minimum absolute atomic E-state index is 0.680. The maximum Gasteiger partial charge on any atom is 0.119 e. The highest BCUT2D eigenvalue weighted by atomic mass is 16.5. The summed E-state index contributed by atoms with van der Waals surface area (Å²) < 4.78 is 5.76. The molecule has 1 aliphatic rings. The third-order valence-electron chi connectivity index (χ3n) is 4.29. The largest absolute Gasteiger partial charge is 0.494 e. The molecule has 0 bridgehead atoms. The van der Waals surface area contributed by atoms with Crippen molar-refractivity contribution in [2.24, 2.45) is 11.8 Å². The van der Waals surface area contributed by atoms with Crippen LogP contribution in [-0.2, 0) is 6.54 Å². The average molecular weight is 289 g/mol. The Hall–Kier alpha value is -1.02. The van der Waals surface area contributed by atoms with Gasteiger partial charge in [0.25, 0.3) is 0 Å². The summed E-state index contributed by atoms with van der Waals surface area (Å²) in [6.07, 6.45) is 6.59. The zero-order valence-electron chi connectivity index (χ0n) is 13.9. The fraction of sp³-hybridized carbons (Fsp3) is 0.684. The lowest BCUT2D eigenvalue weighted by Crippen LogP contribution is -2.28. The van der Waals surface area contributed by atoms with Gasteiger partial charge in [-0.25, -0.2) is 0 Å². The topological polar surface area (TPSA) is 21.3 Å². The molecule has 1 aromatic carbocycles. The maximum atomic E-state index is 5.76. The zero-order valence-corrected chi connectivity index (χ0v) is 13.9. The molecule has 0 radical (unpaired) electrons. The normalized spacial score (nSPS) is 16.2. The first-order valence-corrected chi connectivity index (χ1v) is 8.62. The van der Waals surface area contributed by atoms with Crippen LogP contribution in [0, 0.1) is 11.8 Å². The standard InChI is InChI=1S/C19H31NO/c1-4-18(13-16-5-6-16)20-14-17-7-9-19(10-8-17)21-12-11-15(2)3/h7-10,15-16,18,20H,4-6,11-14H2,1-3H3. The van der Waals surface area contributed by atoms with E-state index in [0.717, 1.165) is 31.2 Å². The predicted octanol–water partition coefficient (Wildman–Crippen LogP) is 4.78. The van der Waals surface area contributed by atoms with Crippen LogP contribution in [0.5, 0.6) is 5.75 Å². The van der Waals surface area contributed by atoms with Crippen molar-refractivity contribution >= 4 is 0 Å². The van der Waals surface area contributed by atoms with Crippen LogP contribution in [0.2, 0.25) is 0 Å². The molecule has 1 atom stereocenters. The van der Waals surface area contributed by atoms with Crippen molar-refractivity contribution in [2.45, 2.75) is 65.5 Å². The van der Waals surface area contributed by atoms with Crippen molar-refractivity contribution in [1.29, 1.82) is 0 Å². The monoisotopic (exact) mass is 289 g/mol. The summed E-state index contributed by atoms with van der Waals surface area (Å²) in [4.78, 5) is 0. The Morgan fingerprint density at radius 3 is 2.48 bits per heavy atom. The summed E-state index contributed by atoms with van der Waals surface area (Å²) in [6.45, 7) is 8.52. The van der Waals surface area contributed by atoms with E-state index in [0.29, 0.717) is 12.0 Å². The molecule has 0 aliphatic heterocycles. The van der Waals surface area contributed by atoms with E-state index in [4.69, 9.17) is 4.74 Å². The third-order valence-corrected chi connectivity index (χ3v) is 4.29. The molecule has 1 N–H and O–H groups in total. The SMILES string of the molecule is CCC(CC1CC1)NCc1ccc(OCCC(C)C)cc1. The van der Waals surface area contributed by atoms with Gasteiger partial charge in [0.05, 0.1) is 6.61 Å². The molecule has 118 valence electrons. The number of rotatable bonds is 10. The van der Waals surface area contributed by atoms with E-state index < -0.39 is 0 Å². The van der Waals surface area contributed by atoms with Gasteiger partial charge in [0.15, 0.2) is 0 Å². The number of hydrogen-bond donors (Lipinski definition) is 1. The van der Waals surface area contributed by atoms with E-state index in [1.54, 1.807) is 0 Å². The Morgan fingerprint density at radius 2 is 1.90 bits per heavy atom. The predicted molar refractivity (Wildman–Crippen MR) is 89.7 cm³/mol. The minimum atomic E-state index is 0.680. The Morgan fingerprint density at radius 1 is 1.19 bits per heavy atom. The molecule has 0 saturated heterocycles. The molecule has 0 aromatic heterocycles. The quantitative estimate of drug-likeness (QED) is 0.669. The molecular formula is C19H31NO. The highest BCUT2D eigenvalue weighted by Crippen LogP contribution is 2.34. The first-order valence-electron chi connectivity index (χ1n) is 8.62. The summed E-state index contributed by atoms with van der Waals surface area (Å²) >= 11 is 0. The van der Waals surface area contributed by atoms with E-state index in [2.05, 4.69) is 50.4 Å². The van der Waals surface area contributed by atoms with Gasteiger partial charge in [-0.2, -0.15) is 0 Å². The number of benzene rings is 1. The number of nitrogens with one attached hydrogen (secondary N) is 1. The summed E-state index contributed by atoms with van der Waals surface area (Å²) in [5.41, 5.74) is 1.35. The van der Waals surface area contributed by atoms with Gasteiger partial charge in [0, 0.05) is 12.6 Å². The van der Waals surface area contributed by atoms with Crippen LogP contribution in [-0.4, -0.2) is 12.6 Å². The van der Waals surface area contributed by atoms with Gasteiger partial charge in [-0.05, 0) is 48.8 Å². The second-order valence-electron chi connectivity index (χ2n) is 6.84. The Labute approximate surface area is 130 Å². The smallest absolute Gasteiger partial charge is 0.119 e. The molecule has 1 unspecified atom stereocenters. The molecule has 2 nitrogen and oxygen atoms in total. The van der Waals surface area contributed by atoms with Crippen molar-refractivity contribution in [3.63, 3.8) is 0 Å². The van der Waals surface area contributed by atoms with Gasteiger partial charge in [-0.1, -0.05) is 45.7 Å². The Kier molecular flexibility index (Phi) is 6.56. The van der Waals surface area contributed by atoms with E-state index in [1.165, 1.54) is 31.2 Å². The maximum absolute atomic E-state index is 5.76. The fourth-order valence-corrected chi connectivity index (χ4v) is 2.53. The molecular weight excluding hydrogens is 258 g/mol. The van der Waals surface area contributed by atoms with Crippen LogP contribution in [0.4, 0.5) is 0 Å². The van der Waals surface area contributed by atoms with Gasteiger partial charge in [0.1, 0.15) is 5.75 Å². The van der Waals surface area contributed by atoms with Crippen LogP contribution < -0.4 is 10.1 Å². The summed E-state index contributed by atoms with van der Waals surface area (Å²) in [7, 11) is 0. The molecule has 1 saturated carbocycles. The molecule has 2 rings (SSSR count). The molecule has 0 heterocycles. The molecule has 1 aliphatic carbocycles. The van der Waals surface area contributed by atoms with Crippen molar-refractivity contribution < 1.29 is 4.74 Å². The van der Waals surface area contributed by atoms with Crippen LogP contribution in [0.15, 0.2) is 24.3 Å². The number of ether oxygens (including phenoxy) is 1. The van der Waals surface area contributed by atoms with Crippen molar-refractivity contribution in [1.82, 2.24) is 5.32 Å². The Balaban J connectivity index is 1.70. The lowest BCUT2D eigenvalue weighted by Gasteiger charge is -2.17. The lowest BCUT2D eigenvalue weighted by molar-refractivity contribution is 0.289. The number of hydrogen-bond acceptors (Lipinski definition) is 2. The zero-order chi connectivity index (χ0) is 15.1. The minimum Gasteiger partial charge on any atom is -0.494 e. The second kappa shape index (κ2) is 8.43. The van der Waals surface area contributed by atoms with Gasteiger partial charge in [0.2, 0.25) is 0 Å². The average Bonchev–Trinajstić information content (AvgIpc) is 3.28. The van der Waals surface area contributed by atoms with Crippen molar-refractivity contribution in [3.8, 4) is 5.75 Å². The van der Waals surface area contributed by atoms with Gasteiger partial charge in [-0.15, -0.1) is 0 Å². The Bertz CT molecular complexity index is 395. The van der Waals surface area contributed by atoms with Crippen molar-refractivity contribution in [2.75, 3.05) is 6.61 Å².